The first kappa shape index (κ1) is 22.4. The molecule has 11 heteroatoms. The molecule has 1 amide bonds. The predicted octanol–water partition coefficient (Wildman–Crippen LogP) is 4.23. The highest BCUT2D eigenvalue weighted by Crippen LogP contribution is 2.37. The lowest BCUT2D eigenvalue weighted by molar-refractivity contribution is -0.0515. The Balaban J connectivity index is 1.64. The second-order valence-corrected chi connectivity index (χ2v) is 8.15. The van der Waals surface area contributed by atoms with Crippen molar-refractivity contribution in [1.29, 1.82) is 0 Å². The molecule has 1 aromatic carbocycles. The van der Waals surface area contributed by atoms with Crippen LogP contribution >= 0.6 is 0 Å². The van der Waals surface area contributed by atoms with Crippen LogP contribution in [0.3, 0.4) is 0 Å². The summed E-state index contributed by atoms with van der Waals surface area (Å²) in [6.45, 7) is -1.91. The molecule has 0 spiro atoms. The van der Waals surface area contributed by atoms with Gasteiger partial charge in [0, 0.05) is 18.5 Å². The molecule has 1 atom stereocenters. The number of halogens is 4. The summed E-state index contributed by atoms with van der Waals surface area (Å²) in [6, 6.07) is 3.42. The lowest BCUT2D eigenvalue weighted by Crippen LogP contribution is -2.32. The van der Waals surface area contributed by atoms with Gasteiger partial charge in [0.15, 0.2) is 23.0 Å². The van der Waals surface area contributed by atoms with Crippen molar-refractivity contribution < 1.29 is 36.2 Å². The number of carbonyl (C=O) groups excluding carboxylic acids is 1. The number of aromatic nitrogens is 1. The lowest BCUT2D eigenvalue weighted by Gasteiger charge is -2.15. The second kappa shape index (κ2) is 8.61. The standard InChI is InChI=1S/C21H23F4N3O4/c1-11(26)17-16(19(29)28-7-6-21(24,25)10-28)27-18(32-17)13-4-5-14(31-20(22)23)15(8-13)30-9-12-2-3-12/h4-5,8,11-12,20H,2-3,6-7,9-10,26H2,1H3/t11-/m0/s1. The van der Waals surface area contributed by atoms with Crippen LogP contribution in [0.25, 0.3) is 11.5 Å². The molecular formula is C21H23F4N3O4. The van der Waals surface area contributed by atoms with Crippen LogP contribution < -0.4 is 15.2 Å². The van der Waals surface area contributed by atoms with Crippen molar-refractivity contribution in [1.82, 2.24) is 9.88 Å². The molecule has 2 N–H and O–H groups in total. The Hall–Kier alpha value is -2.82. The van der Waals surface area contributed by atoms with Gasteiger partial charge in [0.1, 0.15) is 0 Å². The lowest BCUT2D eigenvalue weighted by atomic mass is 10.2. The van der Waals surface area contributed by atoms with Crippen LogP contribution in [-0.2, 0) is 0 Å². The fourth-order valence-electron chi connectivity index (χ4n) is 3.42. The number of nitrogens with zero attached hydrogens (tertiary/aromatic N) is 2. The van der Waals surface area contributed by atoms with Crippen molar-refractivity contribution in [3.8, 4) is 23.0 Å². The quantitative estimate of drug-likeness (QED) is 0.597. The Bertz CT molecular complexity index is 991. The molecule has 2 aromatic rings. The van der Waals surface area contributed by atoms with Crippen LogP contribution in [0.15, 0.2) is 22.6 Å². The van der Waals surface area contributed by atoms with Gasteiger partial charge >= 0.3 is 6.61 Å². The Morgan fingerprint density at radius 1 is 1.34 bits per heavy atom. The van der Waals surface area contributed by atoms with E-state index in [1.165, 1.54) is 18.2 Å². The number of rotatable bonds is 8. The van der Waals surface area contributed by atoms with Crippen molar-refractivity contribution in [2.75, 3.05) is 19.7 Å². The van der Waals surface area contributed by atoms with Crippen LogP contribution in [0.2, 0.25) is 0 Å². The van der Waals surface area contributed by atoms with Gasteiger partial charge in [-0.25, -0.2) is 13.8 Å². The average molecular weight is 457 g/mol. The summed E-state index contributed by atoms with van der Waals surface area (Å²) in [5.74, 6) is -3.30. The zero-order valence-corrected chi connectivity index (χ0v) is 17.3. The van der Waals surface area contributed by atoms with Gasteiger partial charge in [-0.05, 0) is 43.9 Å². The molecule has 32 heavy (non-hydrogen) atoms. The number of alkyl halides is 4. The molecular weight excluding hydrogens is 434 g/mol. The molecule has 1 saturated carbocycles. The Morgan fingerprint density at radius 2 is 2.09 bits per heavy atom. The number of likely N-dealkylation sites (tertiary alicyclic amines) is 1. The summed E-state index contributed by atoms with van der Waals surface area (Å²) in [7, 11) is 0. The van der Waals surface area contributed by atoms with Crippen LogP contribution in [-0.4, -0.2) is 48.0 Å². The number of benzene rings is 1. The number of hydrogen-bond donors (Lipinski definition) is 1. The van der Waals surface area contributed by atoms with E-state index in [1.54, 1.807) is 6.92 Å². The highest BCUT2D eigenvalue weighted by molar-refractivity contribution is 5.94. The normalized spacial score (nSPS) is 18.8. The molecule has 1 aromatic heterocycles. The second-order valence-electron chi connectivity index (χ2n) is 8.15. The molecule has 1 aliphatic carbocycles. The topological polar surface area (TPSA) is 90.8 Å². The number of oxazole rings is 1. The third-order valence-electron chi connectivity index (χ3n) is 5.30. The van der Waals surface area contributed by atoms with E-state index in [-0.39, 0.29) is 35.4 Å². The highest BCUT2D eigenvalue weighted by atomic mass is 19.3. The molecule has 1 aliphatic heterocycles. The first-order valence-electron chi connectivity index (χ1n) is 10.3. The van der Waals surface area contributed by atoms with E-state index in [2.05, 4.69) is 9.72 Å². The maximum atomic E-state index is 13.6. The summed E-state index contributed by atoms with van der Waals surface area (Å²) >= 11 is 0. The van der Waals surface area contributed by atoms with E-state index >= 15 is 0 Å². The largest absolute Gasteiger partial charge is 0.489 e. The SMILES string of the molecule is C[C@H](N)c1oc(-c2ccc(OC(F)F)c(OCC3CC3)c2)nc1C(=O)N1CCC(F)(F)C1. The molecule has 2 fully saturated rings. The average Bonchev–Trinajstić information content (AvgIpc) is 3.32. The number of nitrogens with two attached hydrogens (primary N) is 1. The monoisotopic (exact) mass is 457 g/mol. The van der Waals surface area contributed by atoms with Gasteiger partial charge in [0.2, 0.25) is 5.89 Å². The fourth-order valence-corrected chi connectivity index (χ4v) is 3.42. The van der Waals surface area contributed by atoms with Gasteiger partial charge in [-0.2, -0.15) is 8.78 Å². The molecule has 174 valence electrons. The minimum Gasteiger partial charge on any atom is -0.489 e. The van der Waals surface area contributed by atoms with Crippen molar-refractivity contribution in [2.45, 2.75) is 44.8 Å². The zero-order chi connectivity index (χ0) is 23.0. The van der Waals surface area contributed by atoms with E-state index in [0.29, 0.717) is 18.1 Å². The molecule has 0 bridgehead atoms. The van der Waals surface area contributed by atoms with Crippen molar-refractivity contribution in [3.63, 3.8) is 0 Å². The first-order chi connectivity index (χ1) is 15.1. The summed E-state index contributed by atoms with van der Waals surface area (Å²) < 4.78 is 68.5. The summed E-state index contributed by atoms with van der Waals surface area (Å²) in [4.78, 5) is 18.0. The van der Waals surface area contributed by atoms with Crippen molar-refractivity contribution in [3.05, 3.63) is 29.7 Å². The minimum atomic E-state index is -3.03. The molecule has 4 rings (SSSR count). The van der Waals surface area contributed by atoms with Gasteiger partial charge < -0.3 is 24.5 Å². The molecule has 0 unspecified atom stereocenters. The van der Waals surface area contributed by atoms with Crippen LogP contribution in [0, 0.1) is 5.92 Å². The number of carbonyl (C=O) groups is 1. The first-order valence-corrected chi connectivity index (χ1v) is 10.3. The Kier molecular flexibility index (Phi) is 6.02. The van der Waals surface area contributed by atoms with Gasteiger partial charge in [-0.3, -0.25) is 4.79 Å². The smallest absolute Gasteiger partial charge is 0.387 e. The van der Waals surface area contributed by atoms with Gasteiger partial charge in [-0.15, -0.1) is 0 Å². The van der Waals surface area contributed by atoms with E-state index in [0.717, 1.165) is 17.7 Å². The highest BCUT2D eigenvalue weighted by Gasteiger charge is 2.42. The fraction of sp³-hybridized carbons (Fsp3) is 0.524. The summed E-state index contributed by atoms with van der Waals surface area (Å²) in [5, 5.41) is 0. The van der Waals surface area contributed by atoms with Crippen LogP contribution in [0.5, 0.6) is 11.5 Å². The molecule has 0 radical (unpaired) electrons. The van der Waals surface area contributed by atoms with E-state index in [1.807, 2.05) is 0 Å². The zero-order valence-electron chi connectivity index (χ0n) is 17.3. The number of ether oxygens (including phenoxy) is 2. The minimum absolute atomic E-state index is 0.00789. The van der Waals surface area contributed by atoms with Gasteiger partial charge in [0.05, 0.1) is 19.2 Å². The Morgan fingerprint density at radius 3 is 2.69 bits per heavy atom. The maximum absolute atomic E-state index is 13.6. The Labute approximate surface area is 181 Å². The molecule has 2 heterocycles. The van der Waals surface area contributed by atoms with Gasteiger partial charge in [-0.1, -0.05) is 0 Å². The van der Waals surface area contributed by atoms with Crippen molar-refractivity contribution in [2.24, 2.45) is 11.7 Å². The third kappa shape index (κ3) is 4.98. The summed E-state index contributed by atoms with van der Waals surface area (Å²) in [6.07, 6.45) is 1.58. The molecule has 2 aliphatic rings. The molecule has 1 saturated heterocycles. The maximum Gasteiger partial charge on any atom is 0.387 e. The third-order valence-corrected chi connectivity index (χ3v) is 5.30. The van der Waals surface area contributed by atoms with Crippen LogP contribution in [0.4, 0.5) is 17.6 Å². The van der Waals surface area contributed by atoms with Crippen LogP contribution in [0.1, 0.15) is 48.5 Å². The van der Waals surface area contributed by atoms with Crippen molar-refractivity contribution >= 4 is 5.91 Å². The van der Waals surface area contributed by atoms with E-state index in [9.17, 15) is 22.4 Å². The molecule has 7 nitrogen and oxygen atoms in total. The number of amides is 1. The summed E-state index contributed by atoms with van der Waals surface area (Å²) in [5.41, 5.74) is 6.10. The van der Waals surface area contributed by atoms with Gasteiger partial charge in [0.25, 0.3) is 11.8 Å². The number of hydrogen-bond acceptors (Lipinski definition) is 6. The van der Waals surface area contributed by atoms with E-state index < -0.39 is 37.4 Å². The predicted molar refractivity (Wildman–Crippen MR) is 105 cm³/mol. The van der Waals surface area contributed by atoms with E-state index in [4.69, 9.17) is 14.9 Å².